The Labute approximate surface area is 94.8 Å². The third kappa shape index (κ3) is 3.88. The van der Waals surface area contributed by atoms with Crippen molar-refractivity contribution in [2.75, 3.05) is 5.32 Å². The molecule has 1 aromatic rings. The lowest BCUT2D eigenvalue weighted by molar-refractivity contribution is -0.118. The van der Waals surface area contributed by atoms with Crippen LogP contribution in [-0.4, -0.2) is 11.9 Å². The fourth-order valence-corrected chi connectivity index (χ4v) is 1.47. The summed E-state index contributed by atoms with van der Waals surface area (Å²) in [6.07, 6.45) is 2.58. The number of hydrogen-bond acceptors (Lipinski definition) is 2. The Balaban J connectivity index is 2.64. The first-order valence-corrected chi connectivity index (χ1v) is 5.45. The van der Waals surface area contributed by atoms with Gasteiger partial charge >= 0.3 is 0 Å². The van der Waals surface area contributed by atoms with Crippen LogP contribution in [0.1, 0.15) is 26.2 Å². The third-order valence-electron chi connectivity index (χ3n) is 2.36. The van der Waals surface area contributed by atoms with E-state index >= 15 is 0 Å². The lowest BCUT2D eigenvalue weighted by Gasteiger charge is -2.16. The summed E-state index contributed by atoms with van der Waals surface area (Å²) in [6, 6.07) is 5.58. The number of nitrogens with two attached hydrogens (primary N) is 1. The van der Waals surface area contributed by atoms with E-state index in [1.165, 1.54) is 12.1 Å². The fourth-order valence-electron chi connectivity index (χ4n) is 1.47. The smallest absolute Gasteiger partial charge is 0.239 e. The van der Waals surface area contributed by atoms with Gasteiger partial charge in [0.2, 0.25) is 5.91 Å². The summed E-state index contributed by atoms with van der Waals surface area (Å²) in [5.74, 6) is -0.735. The van der Waals surface area contributed by atoms with Crippen LogP contribution in [0.25, 0.3) is 0 Å². The van der Waals surface area contributed by atoms with Gasteiger partial charge in [-0.05, 0) is 24.6 Å². The first-order chi connectivity index (χ1) is 7.63. The lowest BCUT2D eigenvalue weighted by atomic mass is 10.1. The number of carbonyl (C=O) groups excluding carboxylic acids is 1. The highest BCUT2D eigenvalue weighted by molar-refractivity contribution is 5.82. The zero-order valence-electron chi connectivity index (χ0n) is 9.37. The number of anilines is 1. The van der Waals surface area contributed by atoms with Gasteiger partial charge < -0.3 is 11.1 Å². The molecule has 0 radical (unpaired) electrons. The largest absolute Gasteiger partial charge is 0.374 e. The molecular weight excluding hydrogens is 207 g/mol. The van der Waals surface area contributed by atoms with Crippen molar-refractivity contribution in [1.29, 1.82) is 0 Å². The summed E-state index contributed by atoms with van der Waals surface area (Å²) in [5, 5.41) is 2.94. The van der Waals surface area contributed by atoms with Crippen LogP contribution in [-0.2, 0) is 4.79 Å². The first kappa shape index (κ1) is 12.5. The minimum absolute atomic E-state index is 0.330. The van der Waals surface area contributed by atoms with Crippen molar-refractivity contribution in [1.82, 2.24) is 0 Å². The average molecular weight is 224 g/mol. The predicted octanol–water partition coefficient (Wildman–Crippen LogP) is 2.28. The standard InChI is InChI=1S/C12H17FN2O/c1-2-3-7-11(12(14)16)15-10-6-4-5-9(13)8-10/h4-6,8,11,15H,2-3,7H2,1H3,(H2,14,16). The maximum Gasteiger partial charge on any atom is 0.239 e. The molecule has 3 nitrogen and oxygen atoms in total. The number of unbranched alkanes of at least 4 members (excludes halogenated alkanes) is 1. The molecule has 0 fully saturated rings. The molecule has 3 N–H and O–H groups in total. The molecule has 1 aromatic carbocycles. The van der Waals surface area contributed by atoms with Crippen molar-refractivity contribution < 1.29 is 9.18 Å². The molecule has 0 aliphatic heterocycles. The highest BCUT2D eigenvalue weighted by atomic mass is 19.1. The van der Waals surface area contributed by atoms with Crippen LogP contribution in [0.3, 0.4) is 0 Å². The second kappa shape index (κ2) is 6.10. The molecule has 0 spiro atoms. The van der Waals surface area contributed by atoms with Crippen LogP contribution in [0.2, 0.25) is 0 Å². The Hall–Kier alpha value is -1.58. The SMILES string of the molecule is CCCCC(Nc1cccc(F)c1)C(N)=O. The van der Waals surface area contributed by atoms with Gasteiger partial charge in [0.15, 0.2) is 0 Å². The summed E-state index contributed by atoms with van der Waals surface area (Å²) in [4.78, 5) is 11.2. The van der Waals surface area contributed by atoms with Crippen LogP contribution >= 0.6 is 0 Å². The van der Waals surface area contributed by atoms with E-state index in [4.69, 9.17) is 5.73 Å². The minimum atomic E-state index is -0.429. The van der Waals surface area contributed by atoms with Crippen LogP contribution in [0.15, 0.2) is 24.3 Å². The van der Waals surface area contributed by atoms with E-state index in [0.717, 1.165) is 12.8 Å². The fraction of sp³-hybridized carbons (Fsp3) is 0.417. The van der Waals surface area contributed by atoms with E-state index in [1.54, 1.807) is 12.1 Å². The predicted molar refractivity (Wildman–Crippen MR) is 62.5 cm³/mol. The maximum atomic E-state index is 12.9. The van der Waals surface area contributed by atoms with Gasteiger partial charge in [0.05, 0.1) is 0 Å². The minimum Gasteiger partial charge on any atom is -0.374 e. The molecule has 4 heteroatoms. The molecule has 0 heterocycles. The van der Waals surface area contributed by atoms with Gasteiger partial charge in [0.25, 0.3) is 0 Å². The van der Waals surface area contributed by atoms with Gasteiger partial charge in [-0.3, -0.25) is 4.79 Å². The highest BCUT2D eigenvalue weighted by Gasteiger charge is 2.14. The number of primary amides is 1. The van der Waals surface area contributed by atoms with Crippen LogP contribution < -0.4 is 11.1 Å². The number of carbonyl (C=O) groups is 1. The quantitative estimate of drug-likeness (QED) is 0.778. The Morgan fingerprint density at radius 2 is 2.31 bits per heavy atom. The van der Waals surface area contributed by atoms with E-state index in [1.807, 2.05) is 6.92 Å². The van der Waals surface area contributed by atoms with Gasteiger partial charge in [0, 0.05) is 5.69 Å². The Kier molecular flexibility index (Phi) is 4.76. The second-order valence-corrected chi connectivity index (χ2v) is 3.75. The molecule has 1 atom stereocenters. The van der Waals surface area contributed by atoms with E-state index in [2.05, 4.69) is 5.32 Å². The van der Waals surface area contributed by atoms with Crippen molar-refractivity contribution >= 4 is 11.6 Å². The van der Waals surface area contributed by atoms with Crippen LogP contribution in [0.5, 0.6) is 0 Å². The van der Waals surface area contributed by atoms with Crippen LogP contribution in [0, 0.1) is 5.82 Å². The van der Waals surface area contributed by atoms with Gasteiger partial charge in [-0.25, -0.2) is 4.39 Å². The van der Waals surface area contributed by atoms with E-state index in [9.17, 15) is 9.18 Å². The Morgan fingerprint density at radius 3 is 2.88 bits per heavy atom. The number of nitrogens with one attached hydrogen (secondary N) is 1. The zero-order valence-corrected chi connectivity index (χ0v) is 9.37. The second-order valence-electron chi connectivity index (χ2n) is 3.75. The first-order valence-electron chi connectivity index (χ1n) is 5.45. The van der Waals surface area contributed by atoms with Crippen LogP contribution in [0.4, 0.5) is 10.1 Å². The summed E-state index contributed by atoms with van der Waals surface area (Å²) in [7, 11) is 0. The normalized spacial score (nSPS) is 12.1. The van der Waals surface area contributed by atoms with Crippen molar-refractivity contribution in [2.24, 2.45) is 5.73 Å². The molecule has 1 unspecified atom stereocenters. The summed E-state index contributed by atoms with van der Waals surface area (Å²) >= 11 is 0. The van der Waals surface area contributed by atoms with Crippen molar-refractivity contribution in [3.8, 4) is 0 Å². The van der Waals surface area contributed by atoms with E-state index in [-0.39, 0.29) is 5.82 Å². The maximum absolute atomic E-state index is 12.9. The number of amides is 1. The monoisotopic (exact) mass is 224 g/mol. The molecular formula is C12H17FN2O. The molecule has 0 aliphatic carbocycles. The van der Waals surface area contributed by atoms with Gasteiger partial charge in [0.1, 0.15) is 11.9 Å². The van der Waals surface area contributed by atoms with E-state index < -0.39 is 11.9 Å². The molecule has 1 rings (SSSR count). The Bertz CT molecular complexity index is 355. The zero-order chi connectivity index (χ0) is 12.0. The topological polar surface area (TPSA) is 55.1 Å². The lowest BCUT2D eigenvalue weighted by Crippen LogP contribution is -2.35. The van der Waals surface area contributed by atoms with Crippen molar-refractivity contribution in [2.45, 2.75) is 32.2 Å². The molecule has 0 saturated carbocycles. The summed E-state index contributed by atoms with van der Waals surface area (Å²) in [5.41, 5.74) is 5.85. The number of benzene rings is 1. The average Bonchev–Trinajstić information content (AvgIpc) is 2.24. The summed E-state index contributed by atoms with van der Waals surface area (Å²) < 4.78 is 12.9. The number of rotatable bonds is 6. The molecule has 0 saturated heterocycles. The summed E-state index contributed by atoms with van der Waals surface area (Å²) in [6.45, 7) is 2.04. The third-order valence-corrected chi connectivity index (χ3v) is 2.36. The number of hydrogen-bond donors (Lipinski definition) is 2. The van der Waals surface area contributed by atoms with Crippen molar-refractivity contribution in [3.63, 3.8) is 0 Å². The van der Waals surface area contributed by atoms with Gasteiger partial charge in [-0.1, -0.05) is 25.8 Å². The van der Waals surface area contributed by atoms with Gasteiger partial charge in [-0.2, -0.15) is 0 Å². The van der Waals surface area contributed by atoms with Gasteiger partial charge in [-0.15, -0.1) is 0 Å². The van der Waals surface area contributed by atoms with Crippen molar-refractivity contribution in [3.05, 3.63) is 30.1 Å². The molecule has 0 aliphatic rings. The van der Waals surface area contributed by atoms with E-state index in [0.29, 0.717) is 12.1 Å². The molecule has 88 valence electrons. The highest BCUT2D eigenvalue weighted by Crippen LogP contribution is 2.13. The Morgan fingerprint density at radius 1 is 1.56 bits per heavy atom. The molecule has 0 bridgehead atoms. The molecule has 0 aromatic heterocycles. The number of halogens is 1. The molecule has 1 amide bonds. The molecule has 16 heavy (non-hydrogen) atoms.